The third-order valence-corrected chi connectivity index (χ3v) is 3.44. The highest BCUT2D eigenvalue weighted by molar-refractivity contribution is 5.73. The lowest BCUT2D eigenvalue weighted by Crippen LogP contribution is -2.44. The van der Waals surface area contributed by atoms with Gasteiger partial charge in [-0.2, -0.15) is 0 Å². The number of rotatable bonds is 6. The van der Waals surface area contributed by atoms with Gasteiger partial charge in [-0.1, -0.05) is 19.3 Å². The zero-order valence-corrected chi connectivity index (χ0v) is 10.4. The molecule has 1 unspecified atom stereocenters. The fraction of sp³-hybridized carbons (Fsp3) is 0.917. The lowest BCUT2D eigenvalue weighted by atomic mass is 9.89. The smallest absolute Gasteiger partial charge is 0.322 e. The average Bonchev–Trinajstić information content (AvgIpc) is 2.27. The van der Waals surface area contributed by atoms with Crippen LogP contribution in [-0.2, 0) is 4.79 Å². The van der Waals surface area contributed by atoms with Crippen molar-refractivity contribution in [3.8, 4) is 0 Å². The Bertz CT molecular complexity index is 215. The summed E-state index contributed by atoms with van der Waals surface area (Å²) in [6, 6.07) is -0.450. The number of likely N-dealkylation sites (N-methyl/N-ethyl adjacent to an activating group) is 2. The Morgan fingerprint density at radius 3 is 2.56 bits per heavy atom. The van der Waals surface area contributed by atoms with E-state index in [1.54, 1.807) is 7.05 Å². The first-order valence-electron chi connectivity index (χ1n) is 6.22. The Labute approximate surface area is 98.0 Å². The number of hydrogen-bond acceptors (Lipinski definition) is 3. The molecule has 0 radical (unpaired) electrons. The van der Waals surface area contributed by atoms with Gasteiger partial charge in [0, 0.05) is 13.1 Å². The van der Waals surface area contributed by atoms with Gasteiger partial charge in [-0.05, 0) is 32.9 Å². The minimum absolute atomic E-state index is 0.450. The zero-order valence-electron chi connectivity index (χ0n) is 10.4. The van der Waals surface area contributed by atoms with Crippen molar-refractivity contribution in [2.24, 2.45) is 5.92 Å². The normalized spacial score (nSPS) is 19.9. The van der Waals surface area contributed by atoms with Gasteiger partial charge in [0.05, 0.1) is 0 Å². The van der Waals surface area contributed by atoms with Crippen LogP contribution in [0.25, 0.3) is 0 Å². The molecule has 0 aliphatic heterocycles. The minimum Gasteiger partial charge on any atom is -0.480 e. The van der Waals surface area contributed by atoms with Gasteiger partial charge < -0.3 is 15.3 Å². The maximum absolute atomic E-state index is 10.9. The number of carboxylic acids is 1. The molecule has 0 aromatic heterocycles. The van der Waals surface area contributed by atoms with Crippen molar-refractivity contribution in [3.63, 3.8) is 0 Å². The molecule has 16 heavy (non-hydrogen) atoms. The van der Waals surface area contributed by atoms with E-state index in [4.69, 9.17) is 5.11 Å². The van der Waals surface area contributed by atoms with Crippen molar-refractivity contribution in [2.75, 3.05) is 27.2 Å². The zero-order chi connectivity index (χ0) is 12.0. The molecule has 1 fully saturated rings. The van der Waals surface area contributed by atoms with E-state index in [0.29, 0.717) is 6.54 Å². The highest BCUT2D eigenvalue weighted by atomic mass is 16.4. The second-order valence-corrected chi connectivity index (χ2v) is 4.90. The van der Waals surface area contributed by atoms with Crippen molar-refractivity contribution >= 4 is 5.97 Å². The average molecular weight is 228 g/mol. The molecule has 0 heterocycles. The van der Waals surface area contributed by atoms with Crippen LogP contribution in [0.4, 0.5) is 0 Å². The van der Waals surface area contributed by atoms with Crippen molar-refractivity contribution < 1.29 is 9.90 Å². The molecule has 0 bridgehead atoms. The van der Waals surface area contributed by atoms with Crippen molar-refractivity contribution in [2.45, 2.75) is 38.1 Å². The van der Waals surface area contributed by atoms with E-state index >= 15 is 0 Å². The molecule has 0 aromatic rings. The number of nitrogens with one attached hydrogen (secondary N) is 1. The highest BCUT2D eigenvalue weighted by Gasteiger charge is 2.20. The Kier molecular flexibility index (Phi) is 5.77. The van der Waals surface area contributed by atoms with Crippen LogP contribution in [0.1, 0.15) is 32.1 Å². The molecule has 2 N–H and O–H groups in total. The predicted octanol–water partition coefficient (Wildman–Crippen LogP) is 1.17. The van der Waals surface area contributed by atoms with E-state index in [1.165, 1.54) is 32.1 Å². The second kappa shape index (κ2) is 6.86. The Balaban J connectivity index is 2.27. The summed E-state index contributed by atoms with van der Waals surface area (Å²) in [5, 5.41) is 11.8. The SMILES string of the molecule is CNC(CN(C)CC1CCCCC1)C(=O)O. The number of aliphatic carboxylic acids is 1. The van der Waals surface area contributed by atoms with Crippen LogP contribution in [-0.4, -0.2) is 49.2 Å². The minimum atomic E-state index is -0.766. The van der Waals surface area contributed by atoms with Crippen LogP contribution in [0.2, 0.25) is 0 Å². The van der Waals surface area contributed by atoms with Gasteiger partial charge in [-0.3, -0.25) is 4.79 Å². The summed E-state index contributed by atoms with van der Waals surface area (Å²) in [6.45, 7) is 1.62. The van der Waals surface area contributed by atoms with E-state index in [9.17, 15) is 4.79 Å². The van der Waals surface area contributed by atoms with Crippen LogP contribution in [0.15, 0.2) is 0 Å². The van der Waals surface area contributed by atoms with E-state index < -0.39 is 12.0 Å². The Morgan fingerprint density at radius 1 is 1.44 bits per heavy atom. The van der Waals surface area contributed by atoms with Crippen LogP contribution < -0.4 is 5.32 Å². The molecule has 0 amide bonds. The lowest BCUT2D eigenvalue weighted by molar-refractivity contribution is -0.139. The standard InChI is InChI=1S/C12H24N2O2/c1-13-11(12(15)16)9-14(2)8-10-6-4-3-5-7-10/h10-11,13H,3-9H2,1-2H3,(H,15,16). The highest BCUT2D eigenvalue weighted by Crippen LogP contribution is 2.23. The fourth-order valence-corrected chi connectivity index (χ4v) is 2.49. The molecule has 0 spiro atoms. The van der Waals surface area contributed by atoms with Crippen molar-refractivity contribution in [3.05, 3.63) is 0 Å². The van der Waals surface area contributed by atoms with E-state index in [0.717, 1.165) is 12.5 Å². The molecule has 1 aliphatic rings. The largest absolute Gasteiger partial charge is 0.480 e. The van der Waals surface area contributed by atoms with Gasteiger partial charge in [0.25, 0.3) is 0 Å². The molecular formula is C12H24N2O2. The topological polar surface area (TPSA) is 52.6 Å². The fourth-order valence-electron chi connectivity index (χ4n) is 2.49. The first-order valence-corrected chi connectivity index (χ1v) is 6.22. The van der Waals surface area contributed by atoms with Crippen LogP contribution in [0, 0.1) is 5.92 Å². The quantitative estimate of drug-likeness (QED) is 0.716. The molecule has 1 atom stereocenters. The van der Waals surface area contributed by atoms with Crippen LogP contribution in [0.3, 0.4) is 0 Å². The van der Waals surface area contributed by atoms with Gasteiger partial charge in [0.2, 0.25) is 0 Å². The summed E-state index contributed by atoms with van der Waals surface area (Å²) >= 11 is 0. The van der Waals surface area contributed by atoms with Crippen molar-refractivity contribution in [1.29, 1.82) is 0 Å². The molecule has 1 rings (SSSR count). The molecule has 1 saturated carbocycles. The summed E-state index contributed by atoms with van der Waals surface area (Å²) in [6.07, 6.45) is 6.66. The second-order valence-electron chi connectivity index (χ2n) is 4.90. The summed E-state index contributed by atoms with van der Waals surface area (Å²) < 4.78 is 0. The van der Waals surface area contributed by atoms with E-state index in [2.05, 4.69) is 10.2 Å². The summed E-state index contributed by atoms with van der Waals surface area (Å²) in [4.78, 5) is 13.0. The van der Waals surface area contributed by atoms with Gasteiger partial charge in [-0.15, -0.1) is 0 Å². The third kappa shape index (κ3) is 4.49. The summed E-state index contributed by atoms with van der Waals surface area (Å²) in [7, 11) is 3.72. The third-order valence-electron chi connectivity index (χ3n) is 3.44. The first-order chi connectivity index (χ1) is 7.63. The molecule has 0 saturated heterocycles. The predicted molar refractivity (Wildman–Crippen MR) is 64.6 cm³/mol. The van der Waals surface area contributed by atoms with Crippen LogP contribution in [0.5, 0.6) is 0 Å². The summed E-state index contributed by atoms with van der Waals surface area (Å²) in [5.74, 6) is 0.00282. The van der Waals surface area contributed by atoms with Gasteiger partial charge in [0.15, 0.2) is 0 Å². The number of carboxylic acid groups (broad SMARTS) is 1. The van der Waals surface area contributed by atoms with Gasteiger partial charge in [0.1, 0.15) is 6.04 Å². The maximum Gasteiger partial charge on any atom is 0.322 e. The van der Waals surface area contributed by atoms with Gasteiger partial charge >= 0.3 is 5.97 Å². The number of carbonyl (C=O) groups is 1. The monoisotopic (exact) mass is 228 g/mol. The molecule has 0 aromatic carbocycles. The molecule has 4 heteroatoms. The summed E-state index contributed by atoms with van der Waals surface area (Å²) in [5.41, 5.74) is 0. The number of nitrogens with zero attached hydrogens (tertiary/aromatic N) is 1. The Hall–Kier alpha value is -0.610. The van der Waals surface area contributed by atoms with E-state index in [-0.39, 0.29) is 0 Å². The molecule has 94 valence electrons. The first kappa shape index (κ1) is 13.5. The van der Waals surface area contributed by atoms with Gasteiger partial charge in [-0.25, -0.2) is 0 Å². The van der Waals surface area contributed by atoms with E-state index in [1.807, 2.05) is 7.05 Å². The molecular weight excluding hydrogens is 204 g/mol. The van der Waals surface area contributed by atoms with Crippen molar-refractivity contribution in [1.82, 2.24) is 10.2 Å². The number of hydrogen-bond donors (Lipinski definition) is 2. The Morgan fingerprint density at radius 2 is 2.06 bits per heavy atom. The van der Waals surface area contributed by atoms with Crippen LogP contribution >= 0.6 is 0 Å². The lowest BCUT2D eigenvalue weighted by Gasteiger charge is -2.28. The molecule has 4 nitrogen and oxygen atoms in total. The maximum atomic E-state index is 10.9. The molecule has 1 aliphatic carbocycles.